The van der Waals surface area contributed by atoms with Crippen LogP contribution in [0, 0.1) is 0 Å². The number of piperidine rings is 1. The van der Waals surface area contributed by atoms with Crippen LogP contribution in [0.5, 0.6) is 0 Å². The normalized spacial score (nSPS) is 32.6. The van der Waals surface area contributed by atoms with Gasteiger partial charge in [0.15, 0.2) is 0 Å². The molecule has 2 fully saturated rings. The minimum absolute atomic E-state index is 0.564. The summed E-state index contributed by atoms with van der Waals surface area (Å²) < 4.78 is 0. The van der Waals surface area contributed by atoms with Crippen LogP contribution in [0.1, 0.15) is 46.0 Å². The molecular formula is C12H24N2. The van der Waals surface area contributed by atoms with E-state index in [4.69, 9.17) is 0 Å². The fraction of sp³-hybridized carbons (Fsp3) is 1.00. The third kappa shape index (κ3) is 1.96. The number of rotatable bonds is 3. The molecule has 1 saturated carbocycles. The van der Waals surface area contributed by atoms with Crippen LogP contribution in [0.3, 0.4) is 0 Å². The Morgan fingerprint density at radius 2 is 2.14 bits per heavy atom. The van der Waals surface area contributed by atoms with Gasteiger partial charge in [0.2, 0.25) is 0 Å². The Hall–Kier alpha value is -0.0800. The summed E-state index contributed by atoms with van der Waals surface area (Å²) in [7, 11) is 0. The maximum absolute atomic E-state index is 3.59. The van der Waals surface area contributed by atoms with Gasteiger partial charge in [0, 0.05) is 18.1 Å². The minimum Gasteiger partial charge on any atom is -0.313 e. The van der Waals surface area contributed by atoms with E-state index in [1.807, 2.05) is 0 Å². The topological polar surface area (TPSA) is 15.3 Å². The molecule has 1 heterocycles. The van der Waals surface area contributed by atoms with Crippen LogP contribution in [0.4, 0.5) is 0 Å². The second kappa shape index (κ2) is 4.19. The third-order valence-corrected chi connectivity index (χ3v) is 4.11. The Morgan fingerprint density at radius 3 is 2.71 bits per heavy atom. The van der Waals surface area contributed by atoms with Gasteiger partial charge in [-0.3, -0.25) is 4.90 Å². The Labute approximate surface area is 88.1 Å². The summed E-state index contributed by atoms with van der Waals surface area (Å²) >= 11 is 0. The van der Waals surface area contributed by atoms with Crippen molar-refractivity contribution in [2.45, 2.75) is 57.5 Å². The first-order valence-corrected chi connectivity index (χ1v) is 6.23. The zero-order valence-corrected chi connectivity index (χ0v) is 9.68. The van der Waals surface area contributed by atoms with E-state index in [2.05, 4.69) is 24.1 Å². The lowest BCUT2D eigenvalue weighted by Crippen LogP contribution is -2.58. The molecule has 0 aromatic heterocycles. The Kier molecular flexibility index (Phi) is 3.13. The van der Waals surface area contributed by atoms with Crippen molar-refractivity contribution in [3.63, 3.8) is 0 Å². The number of likely N-dealkylation sites (tertiary alicyclic amines) is 1. The standard InChI is InChI=1S/C12H24N2/c1-3-13-11-6-4-9-14(10-11)12(2)7-5-8-12/h11,13H,3-10H2,1-2H3. The van der Waals surface area contributed by atoms with Gasteiger partial charge in [-0.2, -0.15) is 0 Å². The molecule has 0 spiro atoms. The Balaban J connectivity index is 1.87. The average Bonchev–Trinajstić information content (AvgIpc) is 2.15. The highest BCUT2D eigenvalue weighted by molar-refractivity contribution is 4.96. The molecule has 2 nitrogen and oxygen atoms in total. The van der Waals surface area contributed by atoms with Crippen LogP contribution >= 0.6 is 0 Å². The van der Waals surface area contributed by atoms with E-state index in [0.29, 0.717) is 5.54 Å². The highest BCUT2D eigenvalue weighted by atomic mass is 15.2. The molecule has 1 atom stereocenters. The molecule has 2 aliphatic rings. The van der Waals surface area contributed by atoms with E-state index >= 15 is 0 Å². The summed E-state index contributed by atoms with van der Waals surface area (Å²) in [5, 5.41) is 3.59. The molecule has 82 valence electrons. The van der Waals surface area contributed by atoms with E-state index < -0.39 is 0 Å². The molecule has 0 aromatic carbocycles. The quantitative estimate of drug-likeness (QED) is 0.743. The summed E-state index contributed by atoms with van der Waals surface area (Å²) in [6.45, 7) is 8.40. The van der Waals surface area contributed by atoms with Crippen molar-refractivity contribution < 1.29 is 0 Å². The molecule has 1 aliphatic heterocycles. The molecule has 1 aliphatic carbocycles. The molecule has 0 amide bonds. The number of hydrogen-bond donors (Lipinski definition) is 1. The maximum atomic E-state index is 3.59. The maximum Gasteiger partial charge on any atom is 0.0195 e. The zero-order valence-electron chi connectivity index (χ0n) is 9.68. The molecular weight excluding hydrogens is 172 g/mol. The summed E-state index contributed by atoms with van der Waals surface area (Å²) in [4.78, 5) is 2.73. The Morgan fingerprint density at radius 1 is 1.36 bits per heavy atom. The van der Waals surface area contributed by atoms with Gasteiger partial charge in [-0.1, -0.05) is 6.92 Å². The van der Waals surface area contributed by atoms with Crippen molar-refractivity contribution in [2.75, 3.05) is 19.6 Å². The van der Waals surface area contributed by atoms with Gasteiger partial charge in [-0.05, 0) is 52.1 Å². The fourth-order valence-electron chi connectivity index (χ4n) is 2.93. The average molecular weight is 196 g/mol. The van der Waals surface area contributed by atoms with Gasteiger partial charge in [0.05, 0.1) is 0 Å². The third-order valence-electron chi connectivity index (χ3n) is 4.11. The minimum atomic E-state index is 0.564. The molecule has 14 heavy (non-hydrogen) atoms. The van der Waals surface area contributed by atoms with Crippen molar-refractivity contribution in [1.29, 1.82) is 0 Å². The van der Waals surface area contributed by atoms with Gasteiger partial charge in [0.1, 0.15) is 0 Å². The van der Waals surface area contributed by atoms with Crippen molar-refractivity contribution in [3.05, 3.63) is 0 Å². The number of nitrogens with zero attached hydrogens (tertiary/aromatic N) is 1. The summed E-state index contributed by atoms with van der Waals surface area (Å²) in [6, 6.07) is 0.756. The van der Waals surface area contributed by atoms with Gasteiger partial charge < -0.3 is 5.32 Å². The second-order valence-corrected chi connectivity index (χ2v) is 5.19. The van der Waals surface area contributed by atoms with Gasteiger partial charge in [-0.15, -0.1) is 0 Å². The van der Waals surface area contributed by atoms with Crippen LogP contribution < -0.4 is 5.32 Å². The predicted octanol–water partition coefficient (Wildman–Crippen LogP) is 2.00. The van der Waals surface area contributed by atoms with Crippen molar-refractivity contribution in [1.82, 2.24) is 10.2 Å². The van der Waals surface area contributed by atoms with Crippen molar-refractivity contribution in [2.24, 2.45) is 0 Å². The largest absolute Gasteiger partial charge is 0.313 e. The smallest absolute Gasteiger partial charge is 0.0195 e. The fourth-order valence-corrected chi connectivity index (χ4v) is 2.93. The monoisotopic (exact) mass is 196 g/mol. The molecule has 0 radical (unpaired) electrons. The first-order valence-electron chi connectivity index (χ1n) is 6.23. The van der Waals surface area contributed by atoms with E-state index in [0.717, 1.165) is 12.6 Å². The zero-order chi connectivity index (χ0) is 10.0. The van der Waals surface area contributed by atoms with Crippen LogP contribution in [0.25, 0.3) is 0 Å². The van der Waals surface area contributed by atoms with E-state index in [-0.39, 0.29) is 0 Å². The van der Waals surface area contributed by atoms with Gasteiger partial charge in [-0.25, -0.2) is 0 Å². The number of hydrogen-bond acceptors (Lipinski definition) is 2. The summed E-state index contributed by atoms with van der Waals surface area (Å²) in [5.41, 5.74) is 0.564. The molecule has 1 N–H and O–H groups in total. The first-order chi connectivity index (χ1) is 6.74. The highest BCUT2D eigenvalue weighted by Crippen LogP contribution is 2.38. The number of nitrogens with one attached hydrogen (secondary N) is 1. The molecule has 1 saturated heterocycles. The lowest BCUT2D eigenvalue weighted by atomic mass is 9.76. The van der Waals surface area contributed by atoms with Crippen molar-refractivity contribution in [3.8, 4) is 0 Å². The van der Waals surface area contributed by atoms with Crippen LogP contribution in [-0.4, -0.2) is 36.1 Å². The van der Waals surface area contributed by atoms with E-state index in [1.165, 1.54) is 45.2 Å². The summed E-state index contributed by atoms with van der Waals surface area (Å²) in [6.07, 6.45) is 7.05. The molecule has 0 bridgehead atoms. The molecule has 1 unspecified atom stereocenters. The van der Waals surface area contributed by atoms with Gasteiger partial charge in [0.25, 0.3) is 0 Å². The van der Waals surface area contributed by atoms with Crippen LogP contribution in [0.15, 0.2) is 0 Å². The lowest BCUT2D eigenvalue weighted by molar-refractivity contribution is 0.00743. The SMILES string of the molecule is CCNC1CCCN(C2(C)CCC2)C1. The van der Waals surface area contributed by atoms with Gasteiger partial charge >= 0.3 is 0 Å². The van der Waals surface area contributed by atoms with E-state index in [1.54, 1.807) is 0 Å². The Bertz CT molecular complexity index is 185. The highest BCUT2D eigenvalue weighted by Gasteiger charge is 2.39. The summed E-state index contributed by atoms with van der Waals surface area (Å²) in [5.74, 6) is 0. The first kappa shape index (κ1) is 10.4. The van der Waals surface area contributed by atoms with Crippen LogP contribution in [0.2, 0.25) is 0 Å². The second-order valence-electron chi connectivity index (χ2n) is 5.19. The molecule has 2 heteroatoms. The number of likely N-dealkylation sites (N-methyl/N-ethyl adjacent to an activating group) is 1. The molecule has 2 rings (SSSR count). The molecule has 0 aromatic rings. The lowest BCUT2D eigenvalue weighted by Gasteiger charge is -2.51. The van der Waals surface area contributed by atoms with Crippen molar-refractivity contribution >= 4 is 0 Å². The van der Waals surface area contributed by atoms with E-state index in [9.17, 15) is 0 Å². The predicted molar refractivity (Wildman–Crippen MR) is 60.5 cm³/mol. The van der Waals surface area contributed by atoms with Crippen LogP contribution in [-0.2, 0) is 0 Å².